The first kappa shape index (κ1) is 17.4. The lowest BCUT2D eigenvalue weighted by Crippen LogP contribution is -2.47. The molecule has 0 aromatic heterocycles. The quantitative estimate of drug-likeness (QED) is 0.770. The van der Waals surface area contributed by atoms with E-state index in [1.807, 2.05) is 6.07 Å². The molecule has 1 atom stereocenters. The average molecular weight is 325 g/mol. The summed E-state index contributed by atoms with van der Waals surface area (Å²) < 4.78 is 29.4. The summed E-state index contributed by atoms with van der Waals surface area (Å²) in [6.45, 7) is 6.69. The van der Waals surface area contributed by atoms with Gasteiger partial charge in [-0.3, -0.25) is 4.90 Å². The van der Waals surface area contributed by atoms with Gasteiger partial charge in [-0.1, -0.05) is 30.3 Å². The maximum atomic E-state index is 11.9. The second-order valence-electron chi connectivity index (χ2n) is 6.22. The largest absolute Gasteiger partial charge is 0.378 e. The van der Waals surface area contributed by atoms with Crippen LogP contribution < -0.4 is 0 Å². The Bertz CT molecular complexity index is 542. The molecule has 1 unspecified atom stereocenters. The van der Waals surface area contributed by atoms with E-state index in [0.29, 0.717) is 12.5 Å². The molecular formula is C17H27NO3S. The summed E-state index contributed by atoms with van der Waals surface area (Å²) in [5.74, 6) is 0.278. The van der Waals surface area contributed by atoms with Crippen molar-refractivity contribution in [3.63, 3.8) is 0 Å². The van der Waals surface area contributed by atoms with Crippen LogP contribution in [0.2, 0.25) is 0 Å². The number of hydrogen-bond donors (Lipinski definition) is 0. The number of benzene rings is 1. The molecule has 1 fully saturated rings. The van der Waals surface area contributed by atoms with Crippen LogP contribution in [0.4, 0.5) is 0 Å². The number of sulfone groups is 1. The summed E-state index contributed by atoms with van der Waals surface area (Å²) in [6.07, 6.45) is 1.66. The van der Waals surface area contributed by atoms with E-state index in [9.17, 15) is 8.42 Å². The van der Waals surface area contributed by atoms with Crippen molar-refractivity contribution in [3.05, 3.63) is 35.9 Å². The van der Waals surface area contributed by atoms with Gasteiger partial charge in [0.2, 0.25) is 0 Å². The molecule has 0 aliphatic carbocycles. The fourth-order valence-electron chi connectivity index (χ4n) is 2.76. The van der Waals surface area contributed by atoms with Gasteiger partial charge in [-0.15, -0.1) is 0 Å². The number of rotatable bonds is 7. The summed E-state index contributed by atoms with van der Waals surface area (Å²) in [7, 11) is -2.93. The smallest absolute Gasteiger partial charge is 0.152 e. The predicted molar refractivity (Wildman–Crippen MR) is 89.9 cm³/mol. The number of nitrogens with zero attached hydrogens (tertiary/aromatic N) is 1. The van der Waals surface area contributed by atoms with Crippen LogP contribution in [-0.4, -0.2) is 56.7 Å². The van der Waals surface area contributed by atoms with Crippen molar-refractivity contribution >= 4 is 9.84 Å². The molecule has 1 aliphatic rings. The second kappa shape index (κ2) is 8.09. The van der Waals surface area contributed by atoms with Gasteiger partial charge in [-0.05, 0) is 38.8 Å². The van der Waals surface area contributed by atoms with Gasteiger partial charge >= 0.3 is 0 Å². The number of hydrogen-bond acceptors (Lipinski definition) is 4. The molecule has 1 aromatic carbocycles. The van der Waals surface area contributed by atoms with Crippen LogP contribution in [0.5, 0.6) is 0 Å². The van der Waals surface area contributed by atoms with Crippen molar-refractivity contribution in [1.82, 2.24) is 4.90 Å². The lowest BCUT2D eigenvalue weighted by atomic mass is 10.0. The third kappa shape index (κ3) is 5.07. The third-order valence-corrected chi connectivity index (χ3v) is 6.55. The molecule has 124 valence electrons. The SMILES string of the molecule is CC(C)S(=O)(=O)CCCN1CCOCC1Cc1ccccc1. The standard InChI is InChI=1S/C17H27NO3S/c1-15(2)22(19,20)12-6-9-18-10-11-21-14-17(18)13-16-7-4-3-5-8-16/h3-5,7-8,15,17H,6,9-14H2,1-2H3. The molecule has 1 aromatic rings. The van der Waals surface area contributed by atoms with E-state index < -0.39 is 9.84 Å². The fourth-order valence-corrected chi connectivity index (χ4v) is 3.77. The fraction of sp³-hybridized carbons (Fsp3) is 0.647. The Morgan fingerprint density at radius 1 is 1.27 bits per heavy atom. The first-order chi connectivity index (χ1) is 10.5. The van der Waals surface area contributed by atoms with Crippen LogP contribution in [0.1, 0.15) is 25.8 Å². The maximum absolute atomic E-state index is 11.9. The Morgan fingerprint density at radius 3 is 2.68 bits per heavy atom. The zero-order chi connectivity index (χ0) is 16.0. The maximum Gasteiger partial charge on any atom is 0.152 e. The molecule has 4 nitrogen and oxygen atoms in total. The molecule has 0 amide bonds. The molecule has 0 N–H and O–H groups in total. The van der Waals surface area contributed by atoms with Gasteiger partial charge < -0.3 is 4.74 Å². The van der Waals surface area contributed by atoms with Crippen LogP contribution in [0, 0.1) is 0 Å². The highest BCUT2D eigenvalue weighted by atomic mass is 32.2. The summed E-state index contributed by atoms with van der Waals surface area (Å²) in [5, 5.41) is -0.280. The molecule has 0 saturated carbocycles. The van der Waals surface area contributed by atoms with Crippen molar-refractivity contribution in [2.24, 2.45) is 0 Å². The van der Waals surface area contributed by atoms with Crippen molar-refractivity contribution in [2.75, 3.05) is 32.1 Å². The lowest BCUT2D eigenvalue weighted by Gasteiger charge is -2.35. The Balaban J connectivity index is 1.87. The van der Waals surface area contributed by atoms with E-state index in [2.05, 4.69) is 29.2 Å². The van der Waals surface area contributed by atoms with Crippen LogP contribution in [0.3, 0.4) is 0 Å². The van der Waals surface area contributed by atoms with E-state index in [1.54, 1.807) is 13.8 Å². The first-order valence-electron chi connectivity index (χ1n) is 8.06. The van der Waals surface area contributed by atoms with E-state index >= 15 is 0 Å². The highest BCUT2D eigenvalue weighted by molar-refractivity contribution is 7.91. The molecule has 0 bridgehead atoms. The molecule has 0 radical (unpaired) electrons. The molecule has 1 saturated heterocycles. The van der Waals surface area contributed by atoms with E-state index in [0.717, 1.165) is 32.7 Å². The molecule has 5 heteroatoms. The zero-order valence-electron chi connectivity index (χ0n) is 13.6. The van der Waals surface area contributed by atoms with Crippen molar-refractivity contribution in [2.45, 2.75) is 38.0 Å². The molecule has 22 heavy (non-hydrogen) atoms. The number of ether oxygens (including phenoxy) is 1. The minimum absolute atomic E-state index is 0.278. The van der Waals surface area contributed by atoms with Gasteiger partial charge in [0.05, 0.1) is 24.2 Å². The van der Waals surface area contributed by atoms with Gasteiger partial charge in [0.25, 0.3) is 0 Å². The Hall–Kier alpha value is -0.910. The van der Waals surface area contributed by atoms with Gasteiger partial charge in [0.15, 0.2) is 9.84 Å². The summed E-state index contributed by atoms with van der Waals surface area (Å²) in [4.78, 5) is 2.38. The topological polar surface area (TPSA) is 46.6 Å². The Morgan fingerprint density at radius 2 is 2.00 bits per heavy atom. The first-order valence-corrected chi connectivity index (χ1v) is 9.78. The highest BCUT2D eigenvalue weighted by Crippen LogP contribution is 2.14. The van der Waals surface area contributed by atoms with E-state index in [4.69, 9.17) is 4.74 Å². The van der Waals surface area contributed by atoms with E-state index in [-0.39, 0.29) is 11.0 Å². The van der Waals surface area contributed by atoms with Crippen molar-refractivity contribution in [1.29, 1.82) is 0 Å². The summed E-state index contributed by atoms with van der Waals surface area (Å²) in [5.41, 5.74) is 1.30. The third-order valence-electron chi connectivity index (χ3n) is 4.26. The average Bonchev–Trinajstić information content (AvgIpc) is 2.50. The van der Waals surface area contributed by atoms with Crippen molar-refractivity contribution in [3.8, 4) is 0 Å². The number of morpholine rings is 1. The van der Waals surface area contributed by atoms with Crippen LogP contribution >= 0.6 is 0 Å². The monoisotopic (exact) mass is 325 g/mol. The van der Waals surface area contributed by atoms with Gasteiger partial charge in [0, 0.05) is 12.6 Å². The van der Waals surface area contributed by atoms with E-state index in [1.165, 1.54) is 5.56 Å². The van der Waals surface area contributed by atoms with Crippen LogP contribution in [0.25, 0.3) is 0 Å². The summed E-state index contributed by atoms with van der Waals surface area (Å²) in [6, 6.07) is 10.7. The molecule has 1 aliphatic heterocycles. The predicted octanol–water partition coefficient (Wildman–Crippen LogP) is 2.14. The highest BCUT2D eigenvalue weighted by Gasteiger charge is 2.24. The minimum atomic E-state index is -2.93. The van der Waals surface area contributed by atoms with Gasteiger partial charge in [-0.2, -0.15) is 0 Å². The Labute approximate surface area is 134 Å². The molecular weight excluding hydrogens is 298 g/mol. The Kier molecular flexibility index (Phi) is 6.41. The van der Waals surface area contributed by atoms with Gasteiger partial charge in [-0.25, -0.2) is 8.42 Å². The lowest BCUT2D eigenvalue weighted by molar-refractivity contribution is -0.00682. The van der Waals surface area contributed by atoms with Crippen LogP contribution in [0.15, 0.2) is 30.3 Å². The normalized spacial score (nSPS) is 20.4. The second-order valence-corrected chi connectivity index (χ2v) is 8.90. The molecule has 2 rings (SSSR count). The van der Waals surface area contributed by atoms with Crippen LogP contribution in [-0.2, 0) is 21.0 Å². The summed E-state index contributed by atoms with van der Waals surface area (Å²) >= 11 is 0. The minimum Gasteiger partial charge on any atom is -0.378 e. The molecule has 1 heterocycles. The van der Waals surface area contributed by atoms with Gasteiger partial charge in [0.1, 0.15) is 0 Å². The molecule has 0 spiro atoms. The zero-order valence-corrected chi connectivity index (χ0v) is 14.4. The van der Waals surface area contributed by atoms with Crippen molar-refractivity contribution < 1.29 is 13.2 Å².